The molecule has 1 heterocycles. The highest BCUT2D eigenvalue weighted by Crippen LogP contribution is 2.22. The van der Waals surface area contributed by atoms with Gasteiger partial charge in [-0.05, 0) is 49.9 Å². The highest BCUT2D eigenvalue weighted by Gasteiger charge is 2.21. The summed E-state index contributed by atoms with van der Waals surface area (Å²) in [6, 6.07) is 6.48. The number of benzene rings is 1. The summed E-state index contributed by atoms with van der Waals surface area (Å²) in [7, 11) is 0. The lowest BCUT2D eigenvalue weighted by atomic mass is 9.89. The fourth-order valence-corrected chi connectivity index (χ4v) is 3.30. The van der Waals surface area contributed by atoms with E-state index in [1.165, 1.54) is 19.3 Å². The second kappa shape index (κ2) is 10.0. The molecule has 1 saturated carbocycles. The number of aromatic nitrogens is 2. The van der Waals surface area contributed by atoms with E-state index < -0.39 is 12.1 Å². The van der Waals surface area contributed by atoms with Gasteiger partial charge >= 0.3 is 5.97 Å². The van der Waals surface area contributed by atoms with Crippen molar-refractivity contribution in [3.63, 3.8) is 0 Å². The molecule has 0 saturated heterocycles. The molecule has 1 N–H and O–H groups in total. The van der Waals surface area contributed by atoms with Crippen molar-refractivity contribution in [1.29, 1.82) is 0 Å². The van der Waals surface area contributed by atoms with Gasteiger partial charge in [0.25, 0.3) is 5.91 Å². The summed E-state index contributed by atoms with van der Waals surface area (Å²) in [5.74, 6) is 1.18. The predicted molar refractivity (Wildman–Crippen MR) is 104 cm³/mol. The number of hydrogen-bond donors (Lipinski definition) is 1. The molecule has 1 aliphatic rings. The molecule has 1 aromatic heterocycles. The largest absolute Gasteiger partial charge is 0.485 e. The van der Waals surface area contributed by atoms with Crippen LogP contribution in [0.5, 0.6) is 5.75 Å². The molecule has 8 heteroatoms. The van der Waals surface area contributed by atoms with Crippen molar-refractivity contribution >= 4 is 11.9 Å². The van der Waals surface area contributed by atoms with Crippen LogP contribution in [0.1, 0.15) is 61.1 Å². The minimum absolute atomic E-state index is 0.166. The van der Waals surface area contributed by atoms with E-state index in [1.807, 2.05) is 0 Å². The summed E-state index contributed by atoms with van der Waals surface area (Å²) in [5, 5.41) is 6.64. The molecule has 1 aromatic carbocycles. The zero-order valence-corrected chi connectivity index (χ0v) is 16.8. The van der Waals surface area contributed by atoms with Gasteiger partial charge in [-0.15, -0.1) is 0 Å². The van der Waals surface area contributed by atoms with Crippen LogP contribution in [0.25, 0.3) is 0 Å². The normalized spacial score (nSPS) is 15.5. The first-order valence-corrected chi connectivity index (χ1v) is 10.0. The maximum atomic E-state index is 12.3. The monoisotopic (exact) mass is 401 g/mol. The number of nitrogens with zero attached hydrogens (tertiary/aromatic N) is 2. The van der Waals surface area contributed by atoms with Crippen LogP contribution in [0.3, 0.4) is 0 Å². The van der Waals surface area contributed by atoms with Gasteiger partial charge in [0, 0.05) is 13.5 Å². The summed E-state index contributed by atoms with van der Waals surface area (Å²) in [6.45, 7) is 4.10. The van der Waals surface area contributed by atoms with Crippen molar-refractivity contribution in [2.75, 3.05) is 6.54 Å². The Morgan fingerprint density at radius 3 is 2.59 bits per heavy atom. The number of carbonyl (C=O) groups is 2. The fourth-order valence-electron chi connectivity index (χ4n) is 3.30. The average Bonchev–Trinajstić information content (AvgIpc) is 3.16. The van der Waals surface area contributed by atoms with Crippen molar-refractivity contribution in [2.45, 2.75) is 58.7 Å². The molecule has 3 rings (SSSR count). The Morgan fingerprint density at radius 2 is 1.93 bits per heavy atom. The Morgan fingerprint density at radius 1 is 1.21 bits per heavy atom. The van der Waals surface area contributed by atoms with E-state index in [-0.39, 0.29) is 12.5 Å². The lowest BCUT2D eigenvalue weighted by Crippen LogP contribution is -2.38. The Labute approximate surface area is 170 Å². The number of amides is 1. The molecule has 0 bridgehead atoms. The van der Waals surface area contributed by atoms with Crippen LogP contribution in [0.15, 0.2) is 28.8 Å². The van der Waals surface area contributed by atoms with E-state index in [2.05, 4.69) is 15.5 Å². The molecule has 1 atom stereocenters. The van der Waals surface area contributed by atoms with Crippen LogP contribution in [-0.4, -0.2) is 34.7 Å². The van der Waals surface area contributed by atoms with Crippen molar-refractivity contribution in [3.05, 3.63) is 41.5 Å². The number of nitrogens with one attached hydrogen (secondary N) is 1. The third-order valence-corrected chi connectivity index (χ3v) is 4.97. The highest BCUT2D eigenvalue weighted by atomic mass is 16.5. The third kappa shape index (κ3) is 6.30. The molecule has 1 fully saturated rings. The smallest absolute Gasteiger partial charge is 0.338 e. The molecule has 1 unspecified atom stereocenters. The van der Waals surface area contributed by atoms with Gasteiger partial charge in [-0.1, -0.05) is 24.4 Å². The number of carbonyl (C=O) groups excluding carboxylic acids is 2. The molecule has 29 heavy (non-hydrogen) atoms. The van der Waals surface area contributed by atoms with Crippen molar-refractivity contribution in [3.8, 4) is 5.75 Å². The Bertz CT molecular complexity index is 812. The van der Waals surface area contributed by atoms with E-state index in [9.17, 15) is 9.59 Å². The summed E-state index contributed by atoms with van der Waals surface area (Å²) < 4.78 is 15.7. The fraction of sp³-hybridized carbons (Fsp3) is 0.524. The SMILES string of the molecule is Cc1nc(COc2ccc(C(=O)OC(C)C(=O)NCC3CCCCC3)cc2)no1. The second-order valence-electron chi connectivity index (χ2n) is 7.34. The number of rotatable bonds is 8. The van der Waals surface area contributed by atoms with E-state index >= 15 is 0 Å². The van der Waals surface area contributed by atoms with Gasteiger partial charge in [-0.2, -0.15) is 4.98 Å². The standard InChI is InChI=1S/C21H27N3O5/c1-14(20(25)22-12-16-6-4-3-5-7-16)28-21(26)17-8-10-18(11-9-17)27-13-19-23-15(2)29-24-19/h8-11,14,16H,3-7,12-13H2,1-2H3,(H,22,25). The maximum absolute atomic E-state index is 12.3. The molecular formula is C21H27N3O5. The molecule has 0 aliphatic heterocycles. The summed E-state index contributed by atoms with van der Waals surface area (Å²) >= 11 is 0. The number of ether oxygens (including phenoxy) is 2. The van der Waals surface area contributed by atoms with Crippen LogP contribution in [0.2, 0.25) is 0 Å². The van der Waals surface area contributed by atoms with Crippen LogP contribution in [0, 0.1) is 12.8 Å². The Kier molecular flexibility index (Phi) is 7.21. The maximum Gasteiger partial charge on any atom is 0.338 e. The number of esters is 1. The first-order chi connectivity index (χ1) is 14.0. The first kappa shape index (κ1) is 20.8. The van der Waals surface area contributed by atoms with Gasteiger partial charge < -0.3 is 19.3 Å². The van der Waals surface area contributed by atoms with Crippen LogP contribution in [0.4, 0.5) is 0 Å². The predicted octanol–water partition coefficient (Wildman–Crippen LogP) is 3.20. The molecule has 1 amide bonds. The first-order valence-electron chi connectivity index (χ1n) is 10.0. The van der Waals surface area contributed by atoms with Gasteiger partial charge in [0.05, 0.1) is 5.56 Å². The lowest BCUT2D eigenvalue weighted by Gasteiger charge is -2.22. The minimum atomic E-state index is -0.844. The number of hydrogen-bond acceptors (Lipinski definition) is 7. The van der Waals surface area contributed by atoms with Gasteiger partial charge in [0.1, 0.15) is 5.75 Å². The molecule has 0 radical (unpaired) electrons. The van der Waals surface area contributed by atoms with Gasteiger partial charge in [0.15, 0.2) is 12.7 Å². The molecule has 156 valence electrons. The molecule has 0 spiro atoms. The van der Waals surface area contributed by atoms with Crippen LogP contribution in [-0.2, 0) is 16.1 Å². The third-order valence-electron chi connectivity index (χ3n) is 4.97. The van der Waals surface area contributed by atoms with Crippen molar-refractivity contribution < 1.29 is 23.6 Å². The molecule has 8 nitrogen and oxygen atoms in total. The summed E-state index contributed by atoms with van der Waals surface area (Å²) in [6.07, 6.45) is 5.17. The summed E-state index contributed by atoms with van der Waals surface area (Å²) in [5.41, 5.74) is 0.347. The van der Waals surface area contributed by atoms with Crippen molar-refractivity contribution in [1.82, 2.24) is 15.5 Å². The van der Waals surface area contributed by atoms with E-state index in [0.29, 0.717) is 35.5 Å². The summed E-state index contributed by atoms with van der Waals surface area (Å²) in [4.78, 5) is 28.5. The highest BCUT2D eigenvalue weighted by molar-refractivity contribution is 5.92. The van der Waals surface area contributed by atoms with E-state index in [4.69, 9.17) is 14.0 Å². The van der Waals surface area contributed by atoms with Gasteiger partial charge in [-0.25, -0.2) is 4.79 Å². The van der Waals surface area contributed by atoms with Gasteiger partial charge in [-0.3, -0.25) is 4.79 Å². The van der Waals surface area contributed by atoms with Gasteiger partial charge in [0.2, 0.25) is 11.7 Å². The quantitative estimate of drug-likeness (QED) is 0.677. The second-order valence-corrected chi connectivity index (χ2v) is 7.34. The molecular weight excluding hydrogens is 374 g/mol. The van der Waals surface area contributed by atoms with Crippen LogP contribution >= 0.6 is 0 Å². The number of aryl methyl sites for hydroxylation is 1. The molecule has 2 aromatic rings. The van der Waals surface area contributed by atoms with E-state index in [1.54, 1.807) is 38.1 Å². The Hall–Kier alpha value is -2.90. The Balaban J connectivity index is 1.43. The minimum Gasteiger partial charge on any atom is -0.485 e. The molecule has 1 aliphatic carbocycles. The topological polar surface area (TPSA) is 104 Å². The van der Waals surface area contributed by atoms with E-state index in [0.717, 1.165) is 12.8 Å². The average molecular weight is 401 g/mol. The lowest BCUT2D eigenvalue weighted by molar-refractivity contribution is -0.129. The zero-order chi connectivity index (χ0) is 20.6. The zero-order valence-electron chi connectivity index (χ0n) is 16.8. The van der Waals surface area contributed by atoms with Crippen LogP contribution < -0.4 is 10.1 Å². The van der Waals surface area contributed by atoms with Crippen molar-refractivity contribution in [2.24, 2.45) is 5.92 Å².